The summed E-state index contributed by atoms with van der Waals surface area (Å²) in [6.45, 7) is 13.7. The minimum Gasteiger partial charge on any atom is -0.463 e. The Balaban J connectivity index is 3.39. The van der Waals surface area contributed by atoms with E-state index in [0.29, 0.717) is 0 Å². The second-order valence-electron chi connectivity index (χ2n) is 8.59. The summed E-state index contributed by atoms with van der Waals surface area (Å²) in [6.07, 6.45) is -2.10. The van der Waals surface area contributed by atoms with E-state index in [2.05, 4.69) is 4.99 Å². The molecule has 10 heteroatoms. The Morgan fingerprint density at radius 3 is 1.88 bits per heavy atom. The zero-order valence-corrected chi connectivity index (χ0v) is 20.2. The largest absolute Gasteiger partial charge is 0.463 e. The molecule has 0 radical (unpaired) electrons. The third-order valence-corrected chi connectivity index (χ3v) is 4.11. The number of ether oxygens (including phenoxy) is 4. The van der Waals surface area contributed by atoms with Gasteiger partial charge in [0.1, 0.15) is 11.8 Å². The number of rotatable bonds is 10. The molecule has 1 aliphatic heterocycles. The highest BCUT2D eigenvalue weighted by atomic mass is 16.6. The predicted octanol–water partition coefficient (Wildman–Crippen LogP) is 1.68. The number of hydrogen-bond acceptors (Lipinski definition) is 10. The number of carbonyl (C=O) groups excluding carboxylic acids is 4. The first-order valence-electron chi connectivity index (χ1n) is 10.9. The summed E-state index contributed by atoms with van der Waals surface area (Å²) in [5, 5.41) is 0. The molecule has 0 fully saturated rings. The molecule has 1 aliphatic rings. The smallest absolute Gasteiger partial charge is 0.354 e. The molecule has 10 nitrogen and oxygen atoms in total. The highest BCUT2D eigenvalue weighted by Crippen LogP contribution is 2.21. The van der Waals surface area contributed by atoms with Crippen LogP contribution in [0.3, 0.4) is 0 Å². The normalized spacial score (nSPS) is 17.9. The van der Waals surface area contributed by atoms with Gasteiger partial charge in [-0.3, -0.25) is 19.5 Å². The van der Waals surface area contributed by atoms with Crippen LogP contribution in [0.15, 0.2) is 4.99 Å². The van der Waals surface area contributed by atoms with Gasteiger partial charge in [-0.05, 0) is 55.4 Å². The van der Waals surface area contributed by atoms with Gasteiger partial charge >= 0.3 is 23.9 Å². The minimum atomic E-state index is -1.33. The van der Waals surface area contributed by atoms with E-state index in [1.165, 1.54) is 4.90 Å². The SMILES string of the molecule is CC(C)OC(=O)C[C@@H](C(=O)OC(C)C)N1CCN=C(C(=O)OC(C)C)[C@H]1C(=O)OC(C)C. The van der Waals surface area contributed by atoms with Crippen LogP contribution in [0.2, 0.25) is 0 Å². The lowest BCUT2D eigenvalue weighted by atomic mass is 10.0. The molecule has 32 heavy (non-hydrogen) atoms. The summed E-state index contributed by atoms with van der Waals surface area (Å²) in [5.74, 6) is -2.88. The van der Waals surface area contributed by atoms with E-state index in [1.807, 2.05) is 0 Å². The molecule has 0 aromatic heterocycles. The van der Waals surface area contributed by atoms with Crippen LogP contribution in [-0.2, 0) is 38.1 Å². The zero-order valence-electron chi connectivity index (χ0n) is 20.2. The number of hydrogen-bond donors (Lipinski definition) is 0. The van der Waals surface area contributed by atoms with Crippen molar-refractivity contribution < 1.29 is 38.1 Å². The van der Waals surface area contributed by atoms with Crippen LogP contribution in [0.4, 0.5) is 0 Å². The van der Waals surface area contributed by atoms with Gasteiger partial charge in [0.05, 0.1) is 37.4 Å². The molecule has 1 heterocycles. The number of carbonyl (C=O) groups is 4. The fourth-order valence-electron chi connectivity index (χ4n) is 3.10. The van der Waals surface area contributed by atoms with Crippen molar-refractivity contribution in [1.29, 1.82) is 0 Å². The van der Waals surface area contributed by atoms with E-state index >= 15 is 0 Å². The van der Waals surface area contributed by atoms with Gasteiger partial charge < -0.3 is 18.9 Å². The Bertz CT molecular complexity index is 715. The third-order valence-electron chi connectivity index (χ3n) is 4.11. The summed E-state index contributed by atoms with van der Waals surface area (Å²) in [7, 11) is 0. The molecular formula is C22H36N2O8. The average Bonchev–Trinajstić information content (AvgIpc) is 2.63. The van der Waals surface area contributed by atoms with Gasteiger partial charge in [0.15, 0.2) is 6.04 Å². The van der Waals surface area contributed by atoms with Crippen LogP contribution in [0.1, 0.15) is 61.8 Å². The van der Waals surface area contributed by atoms with Crippen molar-refractivity contribution in [3.05, 3.63) is 0 Å². The lowest BCUT2D eigenvalue weighted by Crippen LogP contribution is -2.60. The third kappa shape index (κ3) is 8.57. The number of esters is 4. The monoisotopic (exact) mass is 456 g/mol. The molecule has 2 atom stereocenters. The molecule has 182 valence electrons. The predicted molar refractivity (Wildman–Crippen MR) is 116 cm³/mol. The van der Waals surface area contributed by atoms with Crippen molar-refractivity contribution >= 4 is 29.6 Å². The van der Waals surface area contributed by atoms with Crippen molar-refractivity contribution in [2.45, 2.75) is 98.3 Å². The van der Waals surface area contributed by atoms with Crippen LogP contribution < -0.4 is 0 Å². The van der Waals surface area contributed by atoms with Gasteiger partial charge in [-0.25, -0.2) is 9.59 Å². The molecule has 0 spiro atoms. The Labute approximate surface area is 189 Å². The number of aliphatic imine (C=N–C) groups is 1. The van der Waals surface area contributed by atoms with Crippen molar-refractivity contribution in [2.75, 3.05) is 13.1 Å². The minimum absolute atomic E-state index is 0.124. The molecule has 0 N–H and O–H groups in total. The summed E-state index contributed by atoms with van der Waals surface area (Å²) in [6, 6.07) is -2.50. The van der Waals surface area contributed by atoms with Crippen LogP contribution in [0.5, 0.6) is 0 Å². The Morgan fingerprint density at radius 2 is 1.38 bits per heavy atom. The average molecular weight is 457 g/mol. The standard InChI is InChI=1S/C22H36N2O8/c1-12(2)29-17(25)11-16(20(26)30-13(3)4)24-10-9-23-18(21(27)31-14(5)6)19(24)22(28)32-15(7)8/h12-16,19H,9-11H2,1-8H3/t16-,19-/m0/s1. The molecular weight excluding hydrogens is 420 g/mol. The highest BCUT2D eigenvalue weighted by molar-refractivity contribution is 6.42. The first-order chi connectivity index (χ1) is 14.8. The van der Waals surface area contributed by atoms with Gasteiger partial charge in [-0.1, -0.05) is 0 Å². The Morgan fingerprint density at radius 1 is 0.844 bits per heavy atom. The molecule has 0 aliphatic carbocycles. The molecule has 0 amide bonds. The van der Waals surface area contributed by atoms with E-state index in [4.69, 9.17) is 18.9 Å². The highest BCUT2D eigenvalue weighted by Gasteiger charge is 2.46. The molecule has 0 aromatic rings. The van der Waals surface area contributed by atoms with Gasteiger partial charge in [0.2, 0.25) is 0 Å². The van der Waals surface area contributed by atoms with E-state index in [1.54, 1.807) is 55.4 Å². The fourth-order valence-corrected chi connectivity index (χ4v) is 3.10. The van der Waals surface area contributed by atoms with Crippen molar-refractivity contribution in [2.24, 2.45) is 4.99 Å². The van der Waals surface area contributed by atoms with E-state index in [9.17, 15) is 19.2 Å². The lowest BCUT2D eigenvalue weighted by Gasteiger charge is -2.37. The molecule has 1 rings (SSSR count). The fraction of sp³-hybridized carbons (Fsp3) is 0.773. The van der Waals surface area contributed by atoms with Gasteiger partial charge in [0, 0.05) is 6.54 Å². The maximum Gasteiger partial charge on any atom is 0.354 e. The van der Waals surface area contributed by atoms with E-state index in [0.717, 1.165) is 0 Å². The zero-order chi connectivity index (χ0) is 24.6. The Hall–Kier alpha value is -2.49. The van der Waals surface area contributed by atoms with Gasteiger partial charge in [0.25, 0.3) is 0 Å². The maximum absolute atomic E-state index is 13.0. The first kappa shape index (κ1) is 27.5. The van der Waals surface area contributed by atoms with Crippen molar-refractivity contribution in [3.63, 3.8) is 0 Å². The second-order valence-corrected chi connectivity index (χ2v) is 8.59. The molecule has 0 saturated carbocycles. The summed E-state index contributed by atoms with van der Waals surface area (Å²) in [4.78, 5) is 56.7. The second kappa shape index (κ2) is 12.5. The van der Waals surface area contributed by atoms with Crippen LogP contribution in [-0.4, -0.2) is 84.1 Å². The van der Waals surface area contributed by atoms with Gasteiger partial charge in [-0.15, -0.1) is 0 Å². The van der Waals surface area contributed by atoms with Crippen molar-refractivity contribution in [3.8, 4) is 0 Å². The summed E-state index contributed by atoms with van der Waals surface area (Å²) < 4.78 is 21.1. The molecule has 0 aromatic carbocycles. The molecule has 0 unspecified atom stereocenters. The van der Waals surface area contributed by atoms with Gasteiger partial charge in [-0.2, -0.15) is 0 Å². The molecule has 0 bridgehead atoms. The number of nitrogens with zero attached hydrogens (tertiary/aromatic N) is 2. The first-order valence-corrected chi connectivity index (χ1v) is 10.9. The van der Waals surface area contributed by atoms with Crippen LogP contribution in [0, 0.1) is 0 Å². The quantitative estimate of drug-likeness (QED) is 0.357. The lowest BCUT2D eigenvalue weighted by molar-refractivity contribution is -0.165. The summed E-state index contributed by atoms with van der Waals surface area (Å²) >= 11 is 0. The van der Waals surface area contributed by atoms with E-state index in [-0.39, 0.29) is 31.3 Å². The van der Waals surface area contributed by atoms with E-state index < -0.39 is 54.3 Å². The topological polar surface area (TPSA) is 121 Å². The summed E-state index contributed by atoms with van der Waals surface area (Å²) in [5.41, 5.74) is -0.171. The maximum atomic E-state index is 13.0. The van der Waals surface area contributed by atoms with Crippen LogP contribution in [0.25, 0.3) is 0 Å². The Kier molecular flexibility index (Phi) is 10.8. The van der Waals surface area contributed by atoms with Crippen molar-refractivity contribution in [1.82, 2.24) is 4.90 Å². The molecule has 0 saturated heterocycles. The van der Waals surface area contributed by atoms with Crippen LogP contribution >= 0.6 is 0 Å².